The summed E-state index contributed by atoms with van der Waals surface area (Å²) in [6.45, 7) is 1.92. The number of nitrogens with zero attached hydrogens (tertiary/aromatic N) is 1. The van der Waals surface area contributed by atoms with Gasteiger partial charge in [-0.3, -0.25) is 14.5 Å². The summed E-state index contributed by atoms with van der Waals surface area (Å²) >= 11 is 0. The molecule has 7 heteroatoms. The molecule has 0 aromatic heterocycles. The first kappa shape index (κ1) is 22.0. The van der Waals surface area contributed by atoms with Crippen molar-refractivity contribution in [3.8, 4) is 17.2 Å². The largest absolute Gasteiger partial charge is 0.508 e. The zero-order valence-electron chi connectivity index (χ0n) is 18.4. The maximum absolute atomic E-state index is 13.3. The number of carbonyl (C=O) groups excluding carboxylic acids is 2. The van der Waals surface area contributed by atoms with E-state index < -0.39 is 23.5 Å². The van der Waals surface area contributed by atoms with Crippen molar-refractivity contribution >= 4 is 23.1 Å². The molecule has 1 atom stereocenters. The van der Waals surface area contributed by atoms with Crippen LogP contribution in [0.15, 0.2) is 72.3 Å². The van der Waals surface area contributed by atoms with Crippen LogP contribution in [-0.2, 0) is 9.59 Å². The molecule has 1 fully saturated rings. The highest BCUT2D eigenvalue weighted by atomic mass is 16.5. The molecule has 1 unspecified atom stereocenters. The number of rotatable bonds is 5. The first-order chi connectivity index (χ1) is 15.9. The number of ketones is 1. The molecule has 4 rings (SSSR count). The van der Waals surface area contributed by atoms with Crippen LogP contribution < -0.4 is 14.4 Å². The maximum Gasteiger partial charge on any atom is 0.300 e. The third kappa shape index (κ3) is 3.78. The predicted molar refractivity (Wildman–Crippen MR) is 124 cm³/mol. The number of aliphatic hydroxyl groups excluding tert-OH is 1. The van der Waals surface area contributed by atoms with Crippen molar-refractivity contribution in [1.82, 2.24) is 0 Å². The molecule has 0 bridgehead atoms. The number of aliphatic hydroxyl groups is 1. The van der Waals surface area contributed by atoms with Crippen molar-refractivity contribution < 1.29 is 29.3 Å². The Bertz CT molecular complexity index is 1220. The van der Waals surface area contributed by atoms with Crippen LogP contribution in [0.4, 0.5) is 5.69 Å². The number of Topliss-reactive ketones (excluding diaryl/α,β-unsaturated/α-hetero) is 1. The maximum atomic E-state index is 13.3. The van der Waals surface area contributed by atoms with E-state index in [0.29, 0.717) is 11.3 Å². The number of aryl methyl sites for hydroxylation is 1. The van der Waals surface area contributed by atoms with Crippen molar-refractivity contribution in [1.29, 1.82) is 0 Å². The zero-order chi connectivity index (χ0) is 23.7. The third-order valence-corrected chi connectivity index (χ3v) is 5.63. The van der Waals surface area contributed by atoms with Crippen LogP contribution in [0.25, 0.3) is 5.76 Å². The SMILES string of the molecule is COc1cccc(OC)c1/C(O)=C1\C(=O)C(=O)N(c2ccc(C)cc2)C1c1ccc(O)cc1. The van der Waals surface area contributed by atoms with E-state index in [1.807, 2.05) is 19.1 Å². The summed E-state index contributed by atoms with van der Waals surface area (Å²) in [5.41, 5.74) is 2.12. The van der Waals surface area contributed by atoms with Gasteiger partial charge in [0, 0.05) is 5.69 Å². The molecule has 2 N–H and O–H groups in total. The van der Waals surface area contributed by atoms with E-state index in [4.69, 9.17) is 9.47 Å². The third-order valence-electron chi connectivity index (χ3n) is 5.63. The molecule has 0 spiro atoms. The fraction of sp³-hybridized carbons (Fsp3) is 0.154. The molecule has 7 nitrogen and oxygen atoms in total. The van der Waals surface area contributed by atoms with Gasteiger partial charge in [0.05, 0.1) is 25.8 Å². The van der Waals surface area contributed by atoms with E-state index >= 15 is 0 Å². The Morgan fingerprint density at radius 2 is 1.45 bits per heavy atom. The van der Waals surface area contributed by atoms with Crippen LogP contribution in [0.2, 0.25) is 0 Å². The number of hydrogen-bond donors (Lipinski definition) is 2. The van der Waals surface area contributed by atoms with Gasteiger partial charge in [-0.1, -0.05) is 35.9 Å². The number of phenolic OH excluding ortho intramolecular Hbond substituents is 1. The van der Waals surface area contributed by atoms with Gasteiger partial charge in [0.2, 0.25) is 0 Å². The van der Waals surface area contributed by atoms with E-state index in [2.05, 4.69) is 0 Å². The molecule has 1 aliphatic heterocycles. The predicted octanol–water partition coefficient (Wildman–Crippen LogP) is 4.34. The summed E-state index contributed by atoms with van der Waals surface area (Å²) in [6.07, 6.45) is 0. The molecule has 1 amide bonds. The molecule has 1 heterocycles. The van der Waals surface area contributed by atoms with Gasteiger partial charge in [-0.2, -0.15) is 0 Å². The Balaban J connectivity index is 2.00. The minimum absolute atomic E-state index is 0.0393. The molecular weight excluding hydrogens is 422 g/mol. The Morgan fingerprint density at radius 1 is 0.879 bits per heavy atom. The summed E-state index contributed by atoms with van der Waals surface area (Å²) < 4.78 is 10.8. The fourth-order valence-corrected chi connectivity index (χ4v) is 4.00. The quantitative estimate of drug-likeness (QED) is 0.345. The highest BCUT2D eigenvalue weighted by molar-refractivity contribution is 6.51. The number of amides is 1. The molecule has 0 aliphatic carbocycles. The summed E-state index contributed by atoms with van der Waals surface area (Å²) in [6, 6.07) is 17.3. The highest BCUT2D eigenvalue weighted by Gasteiger charge is 2.47. The number of methoxy groups -OCH3 is 2. The van der Waals surface area contributed by atoms with Crippen LogP contribution in [0.3, 0.4) is 0 Å². The first-order valence-corrected chi connectivity index (χ1v) is 10.2. The second-order valence-corrected chi connectivity index (χ2v) is 7.63. The monoisotopic (exact) mass is 445 g/mol. The van der Waals surface area contributed by atoms with Gasteiger partial charge in [-0.05, 0) is 48.9 Å². The Hall–Kier alpha value is -4.26. The summed E-state index contributed by atoms with van der Waals surface area (Å²) in [4.78, 5) is 27.8. The topological polar surface area (TPSA) is 96.3 Å². The standard InChI is InChI=1S/C26H23NO6/c1-15-7-11-17(12-8-15)27-23(16-9-13-18(28)14-10-16)22(25(30)26(27)31)24(29)21-19(32-2)5-4-6-20(21)33-3/h4-14,23,28-29H,1-3H3/b24-22+. The Kier molecular flexibility index (Phi) is 5.79. The van der Waals surface area contributed by atoms with Gasteiger partial charge in [0.15, 0.2) is 0 Å². The van der Waals surface area contributed by atoms with Gasteiger partial charge < -0.3 is 19.7 Å². The van der Waals surface area contributed by atoms with Crippen molar-refractivity contribution in [3.63, 3.8) is 0 Å². The minimum atomic E-state index is -0.928. The van der Waals surface area contributed by atoms with Crippen LogP contribution in [-0.4, -0.2) is 36.1 Å². The second-order valence-electron chi connectivity index (χ2n) is 7.63. The van der Waals surface area contributed by atoms with Crippen molar-refractivity contribution in [2.45, 2.75) is 13.0 Å². The Labute approximate surface area is 191 Å². The normalized spacial score (nSPS) is 17.3. The lowest BCUT2D eigenvalue weighted by Crippen LogP contribution is -2.29. The summed E-state index contributed by atoms with van der Waals surface area (Å²) in [5, 5.41) is 21.2. The molecular formula is C26H23NO6. The van der Waals surface area contributed by atoms with Gasteiger partial charge in [-0.15, -0.1) is 0 Å². The van der Waals surface area contributed by atoms with Gasteiger partial charge in [0.25, 0.3) is 11.7 Å². The number of benzene rings is 3. The van der Waals surface area contributed by atoms with E-state index in [1.54, 1.807) is 42.5 Å². The smallest absolute Gasteiger partial charge is 0.300 e. The van der Waals surface area contributed by atoms with E-state index in [-0.39, 0.29) is 28.4 Å². The number of phenols is 1. The molecule has 0 saturated carbocycles. The molecule has 3 aromatic carbocycles. The van der Waals surface area contributed by atoms with Crippen LogP contribution in [0.1, 0.15) is 22.7 Å². The van der Waals surface area contributed by atoms with Gasteiger partial charge in [-0.25, -0.2) is 0 Å². The number of anilines is 1. The lowest BCUT2D eigenvalue weighted by atomic mass is 9.94. The van der Waals surface area contributed by atoms with Crippen molar-refractivity contribution in [3.05, 3.63) is 89.0 Å². The zero-order valence-corrected chi connectivity index (χ0v) is 18.4. The van der Waals surface area contributed by atoms with Crippen LogP contribution in [0, 0.1) is 6.92 Å². The summed E-state index contributed by atoms with van der Waals surface area (Å²) in [5.74, 6) is -1.39. The minimum Gasteiger partial charge on any atom is -0.508 e. The van der Waals surface area contributed by atoms with Crippen LogP contribution >= 0.6 is 0 Å². The van der Waals surface area contributed by atoms with E-state index in [9.17, 15) is 19.8 Å². The van der Waals surface area contributed by atoms with Crippen molar-refractivity contribution in [2.24, 2.45) is 0 Å². The first-order valence-electron chi connectivity index (χ1n) is 10.2. The molecule has 1 saturated heterocycles. The average Bonchev–Trinajstić information content (AvgIpc) is 3.09. The highest BCUT2D eigenvalue weighted by Crippen LogP contribution is 2.45. The van der Waals surface area contributed by atoms with Crippen molar-refractivity contribution in [2.75, 3.05) is 19.1 Å². The molecule has 33 heavy (non-hydrogen) atoms. The lowest BCUT2D eigenvalue weighted by Gasteiger charge is -2.26. The molecule has 0 radical (unpaired) electrons. The van der Waals surface area contributed by atoms with Gasteiger partial charge in [0.1, 0.15) is 28.6 Å². The van der Waals surface area contributed by atoms with E-state index in [1.165, 1.54) is 31.3 Å². The Morgan fingerprint density at radius 3 is 2.00 bits per heavy atom. The average molecular weight is 445 g/mol. The lowest BCUT2D eigenvalue weighted by molar-refractivity contribution is -0.132. The molecule has 168 valence electrons. The summed E-state index contributed by atoms with van der Waals surface area (Å²) in [7, 11) is 2.88. The molecule has 1 aliphatic rings. The second kappa shape index (κ2) is 8.70. The number of ether oxygens (including phenoxy) is 2. The van der Waals surface area contributed by atoms with Crippen LogP contribution in [0.5, 0.6) is 17.2 Å². The van der Waals surface area contributed by atoms with E-state index in [0.717, 1.165) is 5.56 Å². The van der Waals surface area contributed by atoms with Gasteiger partial charge >= 0.3 is 0 Å². The fourth-order valence-electron chi connectivity index (χ4n) is 4.00. The number of aromatic hydroxyl groups is 1. The number of hydrogen-bond acceptors (Lipinski definition) is 6. The molecule has 3 aromatic rings. The number of carbonyl (C=O) groups is 2.